The van der Waals surface area contributed by atoms with E-state index in [1.54, 1.807) is 0 Å². The van der Waals surface area contributed by atoms with Gasteiger partial charge < -0.3 is 33.5 Å². The fraction of sp³-hybridized carbons (Fsp3) is 0.643. The number of aliphatic hydroxyl groups is 1. The van der Waals surface area contributed by atoms with Crippen LogP contribution in [0.3, 0.4) is 0 Å². The van der Waals surface area contributed by atoms with E-state index in [-0.39, 0.29) is 30.5 Å². The number of esters is 4. The van der Waals surface area contributed by atoms with Crippen molar-refractivity contribution in [2.75, 3.05) is 13.2 Å². The minimum absolute atomic E-state index is 0.111. The highest BCUT2D eigenvalue weighted by Gasteiger charge is 2.53. The van der Waals surface area contributed by atoms with Crippen LogP contribution in [0.15, 0.2) is 18.0 Å². The Morgan fingerprint density at radius 1 is 0.915 bits per heavy atom. The second-order valence-electron chi connectivity index (χ2n) is 11.1. The maximum atomic E-state index is 13.3. The van der Waals surface area contributed by atoms with Crippen LogP contribution >= 0.6 is 0 Å². The van der Waals surface area contributed by atoms with Gasteiger partial charge in [-0.2, -0.15) is 0 Å². The maximum Gasteiger partial charge on any atom is 0.303 e. The Bertz CT molecular complexity index is 1410. The van der Waals surface area contributed by atoms with Gasteiger partial charge >= 0.3 is 23.9 Å². The number of hydroxylamine groups is 2. The van der Waals surface area contributed by atoms with Gasteiger partial charge in [-0.05, 0) is 6.92 Å². The molecule has 1 aromatic heterocycles. The summed E-state index contributed by atoms with van der Waals surface area (Å²) in [6.07, 6.45) is -4.93. The summed E-state index contributed by atoms with van der Waals surface area (Å²) < 4.78 is 34.2. The SMILES string of the molecule is CC(=O)OC[C@H]1O[C@H](n2cc(CN(C(C)=O)C(=O)/C(C)=C\N3O[C@@H]4C[C@H]3O[C@@H]4CO)nn2)C(OC(C)=O)C(OC(C)=O)[C@H]1OC(C)=O. The highest BCUT2D eigenvalue weighted by molar-refractivity contribution is 6.03. The molecule has 0 saturated carbocycles. The Morgan fingerprint density at radius 2 is 1.55 bits per heavy atom. The Morgan fingerprint density at radius 3 is 2.11 bits per heavy atom. The molecule has 3 fully saturated rings. The van der Waals surface area contributed by atoms with Crippen LogP contribution in [0, 0.1) is 0 Å². The van der Waals surface area contributed by atoms with Gasteiger partial charge in [-0.25, -0.2) is 9.75 Å². The normalized spacial score (nSPS) is 28.4. The van der Waals surface area contributed by atoms with Crippen LogP contribution in [0.5, 0.6) is 0 Å². The average molecular weight is 668 g/mol. The number of aromatic nitrogens is 3. The van der Waals surface area contributed by atoms with Crippen molar-refractivity contribution >= 4 is 35.7 Å². The van der Waals surface area contributed by atoms with Crippen LogP contribution in [0.25, 0.3) is 0 Å². The molecule has 258 valence electrons. The van der Waals surface area contributed by atoms with Crippen LogP contribution in [-0.2, 0) is 68.6 Å². The van der Waals surface area contributed by atoms with Gasteiger partial charge in [0, 0.05) is 52.8 Å². The number of nitrogens with zero attached hydrogens (tertiary/aromatic N) is 5. The molecular formula is C28H37N5O14. The first-order valence-electron chi connectivity index (χ1n) is 14.6. The molecule has 47 heavy (non-hydrogen) atoms. The molecule has 0 aromatic carbocycles. The number of amides is 2. The number of aliphatic hydroxyl groups excluding tert-OH is 1. The van der Waals surface area contributed by atoms with E-state index in [9.17, 15) is 33.9 Å². The van der Waals surface area contributed by atoms with Crippen molar-refractivity contribution in [3.05, 3.63) is 23.7 Å². The molecule has 0 spiro atoms. The number of hydrogen-bond acceptors (Lipinski definition) is 17. The zero-order valence-electron chi connectivity index (χ0n) is 26.6. The molecule has 1 aromatic rings. The van der Waals surface area contributed by atoms with Crippen molar-refractivity contribution in [3.8, 4) is 0 Å². The summed E-state index contributed by atoms with van der Waals surface area (Å²) in [5.41, 5.74) is 0.253. The van der Waals surface area contributed by atoms with E-state index in [0.717, 1.165) is 37.3 Å². The third kappa shape index (κ3) is 8.47. The molecule has 8 atom stereocenters. The van der Waals surface area contributed by atoms with Gasteiger partial charge in [0.1, 0.15) is 30.6 Å². The summed E-state index contributed by atoms with van der Waals surface area (Å²) >= 11 is 0. The Hall–Kier alpha value is -4.46. The molecule has 3 aliphatic heterocycles. The van der Waals surface area contributed by atoms with Gasteiger partial charge in [0.25, 0.3) is 5.91 Å². The number of carbonyl (C=O) groups excluding carboxylic acids is 6. The second-order valence-corrected chi connectivity index (χ2v) is 11.1. The van der Waals surface area contributed by atoms with E-state index in [0.29, 0.717) is 6.42 Å². The number of imide groups is 1. The van der Waals surface area contributed by atoms with E-state index < -0.39 is 85.3 Å². The summed E-state index contributed by atoms with van der Waals surface area (Å²) in [6, 6.07) is 0. The zero-order valence-corrected chi connectivity index (χ0v) is 26.6. The number of hydrogen-bond donors (Lipinski definition) is 1. The lowest BCUT2D eigenvalue weighted by Gasteiger charge is -2.44. The highest BCUT2D eigenvalue weighted by Crippen LogP contribution is 2.36. The van der Waals surface area contributed by atoms with Crippen LogP contribution in [0.1, 0.15) is 59.9 Å². The quantitative estimate of drug-likeness (QED) is 0.170. The van der Waals surface area contributed by atoms with E-state index in [4.69, 9.17) is 33.3 Å². The lowest BCUT2D eigenvalue weighted by molar-refractivity contribution is -0.270. The summed E-state index contributed by atoms with van der Waals surface area (Å²) in [4.78, 5) is 80.4. The van der Waals surface area contributed by atoms with Crippen LogP contribution in [0.4, 0.5) is 0 Å². The highest BCUT2D eigenvalue weighted by atomic mass is 16.8. The fourth-order valence-electron chi connectivity index (χ4n) is 5.34. The molecule has 2 amide bonds. The molecule has 2 unspecified atom stereocenters. The summed E-state index contributed by atoms with van der Waals surface area (Å²) in [5.74, 6) is -4.33. The fourth-order valence-corrected chi connectivity index (χ4v) is 5.34. The van der Waals surface area contributed by atoms with E-state index >= 15 is 0 Å². The number of ether oxygens (including phenoxy) is 6. The van der Waals surface area contributed by atoms with E-state index in [1.165, 1.54) is 31.3 Å². The Labute approximate surface area is 268 Å². The number of rotatable bonds is 11. The van der Waals surface area contributed by atoms with Gasteiger partial charge in [0.05, 0.1) is 19.3 Å². The molecule has 19 heteroatoms. The van der Waals surface area contributed by atoms with Crippen molar-refractivity contribution in [2.45, 2.75) is 104 Å². The first kappa shape index (κ1) is 35.4. The van der Waals surface area contributed by atoms with Gasteiger partial charge in [-0.15, -0.1) is 5.10 Å². The number of carbonyl (C=O) groups is 6. The Kier molecular flexibility index (Phi) is 11.3. The molecule has 19 nitrogen and oxygen atoms in total. The molecule has 0 radical (unpaired) electrons. The lowest BCUT2D eigenvalue weighted by Crippen LogP contribution is -2.60. The van der Waals surface area contributed by atoms with Crippen LogP contribution in [-0.4, -0.2) is 122 Å². The zero-order chi connectivity index (χ0) is 34.6. The number of fused-ring (bicyclic) bond motifs is 2. The summed E-state index contributed by atoms with van der Waals surface area (Å²) in [5, 5.41) is 18.8. The third-order valence-corrected chi connectivity index (χ3v) is 7.29. The van der Waals surface area contributed by atoms with Crippen LogP contribution < -0.4 is 0 Å². The predicted molar refractivity (Wildman–Crippen MR) is 149 cm³/mol. The molecule has 0 aliphatic carbocycles. The predicted octanol–water partition coefficient (Wildman–Crippen LogP) is -0.964. The summed E-state index contributed by atoms with van der Waals surface area (Å²) in [7, 11) is 0. The monoisotopic (exact) mass is 667 g/mol. The topological polar surface area (TPSA) is 224 Å². The van der Waals surface area contributed by atoms with Gasteiger partial charge in [0.15, 0.2) is 30.8 Å². The van der Waals surface area contributed by atoms with Gasteiger partial charge in [-0.3, -0.25) is 38.5 Å². The molecule has 3 saturated heterocycles. The third-order valence-electron chi connectivity index (χ3n) is 7.29. The average Bonchev–Trinajstić information content (AvgIpc) is 3.72. The van der Waals surface area contributed by atoms with Crippen LogP contribution in [0.2, 0.25) is 0 Å². The minimum Gasteiger partial charge on any atom is -0.463 e. The second kappa shape index (κ2) is 15.0. The van der Waals surface area contributed by atoms with Gasteiger partial charge in [0.2, 0.25) is 5.91 Å². The minimum atomic E-state index is -1.44. The maximum absolute atomic E-state index is 13.3. The standard InChI is InChI=1S/C28H37N5O14/c1-13(8-33-23-7-20(47-33)21(11-34)45-23)27(40)31(14(2)35)9-19-10-32(30-29-19)28-26(44-18(6)39)25(43-17(5)38)24(42-16(4)37)22(46-28)12-41-15(3)36/h8,10,20-26,28,34H,7,9,11-12H2,1-6H3/b13-8-/t20-,21-,22-,23-,24+,25?,26?,28+/m1/s1. The van der Waals surface area contributed by atoms with E-state index in [1.807, 2.05) is 0 Å². The molecule has 2 bridgehead atoms. The lowest BCUT2D eigenvalue weighted by atomic mass is 9.97. The first-order valence-corrected chi connectivity index (χ1v) is 14.6. The van der Waals surface area contributed by atoms with Crippen molar-refractivity contribution in [3.63, 3.8) is 0 Å². The molecule has 3 aliphatic rings. The first-order chi connectivity index (χ1) is 22.2. The van der Waals surface area contributed by atoms with E-state index in [2.05, 4.69) is 10.3 Å². The van der Waals surface area contributed by atoms with Crippen molar-refractivity contribution in [1.29, 1.82) is 0 Å². The van der Waals surface area contributed by atoms with Crippen molar-refractivity contribution in [1.82, 2.24) is 25.0 Å². The molecular weight excluding hydrogens is 630 g/mol. The largest absolute Gasteiger partial charge is 0.463 e. The molecule has 4 heterocycles. The van der Waals surface area contributed by atoms with Crippen molar-refractivity contribution in [2.24, 2.45) is 0 Å². The smallest absolute Gasteiger partial charge is 0.303 e. The molecule has 4 rings (SSSR count). The molecule has 1 N–H and O–H groups in total. The van der Waals surface area contributed by atoms with Crippen molar-refractivity contribution < 1.29 is 67.1 Å². The van der Waals surface area contributed by atoms with Gasteiger partial charge in [-0.1, -0.05) is 5.21 Å². The summed E-state index contributed by atoms with van der Waals surface area (Å²) in [6.45, 7) is 6.16. The Balaban J connectivity index is 1.58.